The number of aryl methyl sites for hydroxylation is 2. The number of carbonyl (C=O) groups excluding carboxylic acids is 2. The number of benzene rings is 11. The number of fused-ring (bicyclic) bond motifs is 4. The minimum Gasteiger partial charge on any atom is -0.457 e. The molecule has 13 heteroatoms. The van der Waals surface area contributed by atoms with Gasteiger partial charge in [0, 0.05) is 72.4 Å². The molecule has 11 aromatic carbocycles. The third kappa shape index (κ3) is 18.1. The second kappa shape index (κ2) is 36.6. The van der Waals surface area contributed by atoms with Gasteiger partial charge >= 0.3 is 0 Å². The number of thioether (sulfide) groups is 4. The fraction of sp³-hybridized carbons (Fsp3) is 0.310. The molecule has 15 aromatic rings. The molecule has 0 radical (unpaired) electrons. The predicted octanol–water partition coefficient (Wildman–Crippen LogP) is 35.1. The number of rotatable bonds is 22. The monoisotopic (exact) mass is 1840 g/mol. The van der Waals surface area contributed by atoms with Crippen LogP contribution in [0.5, 0.6) is 23.0 Å². The zero-order chi connectivity index (χ0) is 90.3. The second-order valence-electron chi connectivity index (χ2n) is 39.2. The fourth-order valence-corrected chi connectivity index (χ4v) is 28.2. The molecule has 4 aromatic heterocycles. The van der Waals surface area contributed by atoms with Crippen molar-refractivity contribution in [2.45, 2.75) is 236 Å². The van der Waals surface area contributed by atoms with Crippen LogP contribution in [0.4, 0.5) is 5.69 Å². The highest BCUT2D eigenvalue weighted by atomic mass is 32.2. The molecule has 7 heterocycles. The van der Waals surface area contributed by atoms with Gasteiger partial charge in [-0.25, -0.2) is 4.90 Å². The molecule has 0 saturated heterocycles. The predicted molar refractivity (Wildman–Crippen MR) is 568 cm³/mol. The lowest BCUT2D eigenvalue weighted by atomic mass is 9.79. The molecule has 0 spiro atoms. The summed E-state index contributed by atoms with van der Waals surface area (Å²) in [4.78, 5) is 49.3. The number of thiophene rings is 4. The summed E-state index contributed by atoms with van der Waals surface area (Å²) in [5.74, 6) is 16.6. The van der Waals surface area contributed by atoms with Crippen LogP contribution in [0.2, 0.25) is 0 Å². The van der Waals surface area contributed by atoms with Gasteiger partial charge in [-0.2, -0.15) is 0 Å². The van der Waals surface area contributed by atoms with Gasteiger partial charge in [-0.15, -0.1) is 45.3 Å². The molecule has 0 bridgehead atoms. The molecule has 0 saturated carbocycles. The Morgan fingerprint density at radius 1 is 0.341 bits per heavy atom. The van der Waals surface area contributed by atoms with E-state index in [1.807, 2.05) is 129 Å². The minimum absolute atomic E-state index is 0.102. The summed E-state index contributed by atoms with van der Waals surface area (Å²) in [5.41, 5.74) is 9.34. The van der Waals surface area contributed by atoms with Crippen molar-refractivity contribution in [2.75, 3.05) is 4.90 Å². The SMILES string of the molecule is CCCCCCCCc1cc(C#Cc2ccc3c(=C4SC(C)=C(C)S4)c4ccccc4c(=C4SC(C)=C(C)S4)c3c2)sc1-c1ccc(-c2ccc(-c3sc(C#Cc4ccc5c6c(Oc7ccc(C(C)(C)C)cc7)cc7c8c(cc(Oc9ccc(C(C)(C)C)cc9)c(c9cccc4c95)c86)C(=O)N(c4cc(C(C)(C)C)ccc4C(C)(C)C)C7=O)cc3CCCCCCCC)s2)s1. The van der Waals surface area contributed by atoms with Crippen molar-refractivity contribution in [1.82, 2.24) is 0 Å². The van der Waals surface area contributed by atoms with Gasteiger partial charge in [0.2, 0.25) is 0 Å². The first-order chi connectivity index (χ1) is 61.9. The third-order valence-corrected chi connectivity index (χ3v) is 35.9. The van der Waals surface area contributed by atoms with E-state index in [4.69, 9.17) is 9.47 Å². The summed E-state index contributed by atoms with van der Waals surface area (Å²) in [6, 6.07) is 67.9. The normalized spacial score (nSPS) is 14.1. The maximum atomic E-state index is 16.2. The Hall–Kier alpha value is -9.48. The van der Waals surface area contributed by atoms with Crippen LogP contribution >= 0.6 is 92.4 Å². The van der Waals surface area contributed by atoms with Crippen LogP contribution in [0.15, 0.2) is 208 Å². The first kappa shape index (κ1) is 90.1. The molecular weight excluding hydrogens is 1730 g/mol. The van der Waals surface area contributed by atoms with E-state index in [9.17, 15) is 0 Å². The summed E-state index contributed by atoms with van der Waals surface area (Å²) in [6.45, 7) is 39.8. The van der Waals surface area contributed by atoms with E-state index in [0.717, 1.165) is 95.4 Å². The molecule has 0 aliphatic carbocycles. The fourth-order valence-electron chi connectivity index (χ4n) is 18.4. The van der Waals surface area contributed by atoms with Crippen LogP contribution in [-0.2, 0) is 34.5 Å². The number of unbranched alkanes of at least 4 members (excludes halogenated alkanes) is 10. The van der Waals surface area contributed by atoms with Crippen molar-refractivity contribution >= 4 is 183 Å². The highest BCUT2D eigenvalue weighted by Gasteiger charge is 2.41. The van der Waals surface area contributed by atoms with Gasteiger partial charge in [0.1, 0.15) is 23.0 Å². The Balaban J connectivity index is 0.726. The van der Waals surface area contributed by atoms with E-state index in [0.29, 0.717) is 45.2 Å². The van der Waals surface area contributed by atoms with Gasteiger partial charge < -0.3 is 9.47 Å². The maximum absolute atomic E-state index is 16.2. The van der Waals surface area contributed by atoms with Crippen molar-refractivity contribution < 1.29 is 19.1 Å². The number of allylic oxidation sites excluding steroid dienone is 4. The van der Waals surface area contributed by atoms with Crippen molar-refractivity contribution in [2.24, 2.45) is 0 Å². The number of carbonyl (C=O) groups is 2. The number of nitrogens with zero attached hydrogens (tertiary/aromatic N) is 1. The number of ether oxygens (including phenoxy) is 2. The van der Waals surface area contributed by atoms with Crippen molar-refractivity contribution in [3.63, 3.8) is 0 Å². The van der Waals surface area contributed by atoms with E-state index >= 15 is 9.59 Å². The average Bonchev–Trinajstić information content (AvgIpc) is 1.46. The number of imide groups is 1. The summed E-state index contributed by atoms with van der Waals surface area (Å²) in [5, 5.41) is 14.5. The molecule has 0 fully saturated rings. The smallest absolute Gasteiger partial charge is 0.266 e. The highest BCUT2D eigenvalue weighted by molar-refractivity contribution is 8.36. The van der Waals surface area contributed by atoms with Crippen molar-refractivity contribution in [3.8, 4) is 75.9 Å². The van der Waals surface area contributed by atoms with Crippen LogP contribution in [0, 0.1) is 23.7 Å². The number of anilines is 1. The van der Waals surface area contributed by atoms with Crippen LogP contribution in [0.25, 0.3) is 102 Å². The van der Waals surface area contributed by atoms with Gasteiger partial charge in [-0.3, -0.25) is 9.59 Å². The van der Waals surface area contributed by atoms with Crippen LogP contribution in [0.3, 0.4) is 0 Å². The lowest BCUT2D eigenvalue weighted by molar-refractivity contribution is 0.0892. The van der Waals surface area contributed by atoms with E-state index in [1.54, 1.807) is 0 Å². The first-order valence-electron chi connectivity index (χ1n) is 46.0. The molecular formula is C116H113NO4S8. The van der Waals surface area contributed by atoms with Gasteiger partial charge in [0.05, 0.1) is 35.0 Å². The molecule has 3 aliphatic heterocycles. The second-order valence-corrected chi connectivity index (χ2v) is 48.9. The average molecular weight is 1840 g/mol. The summed E-state index contributed by atoms with van der Waals surface area (Å²) in [6.07, 6.45) is 16.8. The highest BCUT2D eigenvalue weighted by Crippen LogP contribution is 2.56. The zero-order valence-electron chi connectivity index (χ0n) is 77.6. The van der Waals surface area contributed by atoms with E-state index in [2.05, 4.69) is 300 Å². The first-order valence-corrected chi connectivity index (χ1v) is 52.5. The Bertz CT molecular complexity index is 7180. The van der Waals surface area contributed by atoms with Crippen LogP contribution in [-0.4, -0.2) is 11.8 Å². The number of amides is 2. The van der Waals surface area contributed by atoms with E-state index < -0.39 is 17.2 Å². The lowest BCUT2D eigenvalue weighted by Crippen LogP contribution is -2.42. The van der Waals surface area contributed by atoms with Gasteiger partial charge in [-0.05, 0) is 268 Å². The topological polar surface area (TPSA) is 55.8 Å². The largest absolute Gasteiger partial charge is 0.457 e. The molecule has 129 heavy (non-hydrogen) atoms. The third-order valence-electron chi connectivity index (χ3n) is 25.8. The standard InChI is InChI=1S/C116H113NO4S8/c1-19-21-23-25-27-29-34-74-63-81(53-40-72-41-55-86-89(62-72)103(112-124-70(5)71(6)125-112)85-37-32-31-36-84(85)102(86)111-122-68(3)69(4)123-111)126-107(74)98-60-58-96(128-98)97-59-61-99(129-97)108-75(35-30-28-26-24-22-20-2)64-82(127-108)54-42-73-43-56-88-100-83(73)38-33-39-87(100)104-94(120-79-49-44-76(45-50-79)113(7,8)9)66-90-101-91(67-95(105(88)106(101)104)121-80-51-46-77(47-52-80)114(10,11)12)110(119)117(109(90)118)93-65-78(115(13,14)15)48-57-92(93)116(16,17)18/h31-33,36-39,41,43-52,55-67H,19-30,34-35H2,1-18H3. The Morgan fingerprint density at radius 3 is 1.26 bits per heavy atom. The van der Waals surface area contributed by atoms with Gasteiger partial charge in [0.15, 0.2) is 0 Å². The van der Waals surface area contributed by atoms with Crippen molar-refractivity contribution in [1.29, 1.82) is 0 Å². The van der Waals surface area contributed by atoms with Crippen LogP contribution < -0.4 is 24.8 Å². The molecule has 0 unspecified atom stereocenters. The Labute approximate surface area is 795 Å². The van der Waals surface area contributed by atoms with Crippen molar-refractivity contribution in [3.05, 3.63) is 284 Å². The van der Waals surface area contributed by atoms with Gasteiger partial charge in [-0.1, -0.05) is 323 Å². The molecule has 3 aliphatic rings. The molecule has 0 atom stereocenters. The molecule has 2 amide bonds. The minimum atomic E-state index is -0.434. The molecule has 5 nitrogen and oxygen atoms in total. The molecule has 654 valence electrons. The van der Waals surface area contributed by atoms with E-state index in [1.165, 1.54) is 181 Å². The molecule has 18 rings (SSSR count). The zero-order valence-corrected chi connectivity index (χ0v) is 84.2. The maximum Gasteiger partial charge on any atom is 0.266 e. The summed E-state index contributed by atoms with van der Waals surface area (Å²) >= 11 is 15.2. The van der Waals surface area contributed by atoms with E-state index in [-0.39, 0.29) is 16.2 Å². The summed E-state index contributed by atoms with van der Waals surface area (Å²) < 4.78 is 17.4. The Kier molecular flexibility index (Phi) is 25.5. The van der Waals surface area contributed by atoms with Gasteiger partial charge in [0.25, 0.3) is 11.8 Å². The van der Waals surface area contributed by atoms with Crippen LogP contribution in [0.1, 0.15) is 277 Å². The molecule has 0 N–H and O–H groups in total. The Morgan fingerprint density at radius 2 is 0.767 bits per heavy atom. The summed E-state index contributed by atoms with van der Waals surface area (Å²) in [7, 11) is 0. The quantitative estimate of drug-likeness (QED) is 0.0219. The number of hydrogen-bond acceptors (Lipinski definition) is 12. The lowest BCUT2D eigenvalue weighted by Gasteiger charge is -2.34. The number of hydrogen-bond donors (Lipinski definition) is 0.